The van der Waals surface area contributed by atoms with E-state index >= 15 is 0 Å². The van der Waals surface area contributed by atoms with E-state index < -0.39 is 11.7 Å². The van der Waals surface area contributed by atoms with E-state index in [2.05, 4.69) is 34.6 Å². The van der Waals surface area contributed by atoms with Gasteiger partial charge in [-0.05, 0) is 129 Å². The molecule has 0 aromatic carbocycles. The van der Waals surface area contributed by atoms with E-state index in [0.29, 0.717) is 47.3 Å². The molecule has 0 radical (unpaired) electrons. The van der Waals surface area contributed by atoms with Gasteiger partial charge in [0.1, 0.15) is 6.10 Å². The van der Waals surface area contributed by atoms with Crippen molar-refractivity contribution in [3.8, 4) is 0 Å². The van der Waals surface area contributed by atoms with Crippen molar-refractivity contribution >= 4 is 5.97 Å². The molecule has 0 aromatic heterocycles. The molecule has 0 aromatic rings. The summed E-state index contributed by atoms with van der Waals surface area (Å²) in [6, 6.07) is 0. The van der Waals surface area contributed by atoms with Gasteiger partial charge in [0.05, 0.1) is 17.8 Å². The molecule has 12 atom stereocenters. The first-order valence-corrected chi connectivity index (χ1v) is 16.3. The van der Waals surface area contributed by atoms with E-state index in [9.17, 15) is 20.1 Å². The first-order chi connectivity index (χ1) is 18.6. The Balaban J connectivity index is 0.00000181. The second-order valence-electron chi connectivity index (χ2n) is 15.9. The molecule has 232 valence electrons. The Bertz CT molecular complexity index is 926. The molecule has 0 bridgehead atoms. The van der Waals surface area contributed by atoms with Crippen molar-refractivity contribution in [1.29, 1.82) is 0 Å². The Morgan fingerprint density at radius 2 is 1.62 bits per heavy atom. The first kappa shape index (κ1) is 32.2. The van der Waals surface area contributed by atoms with Crippen LogP contribution in [0.2, 0.25) is 0 Å². The number of aliphatic hydroxyl groups excluding tert-OH is 3. The lowest BCUT2D eigenvalue weighted by Crippen LogP contribution is -2.54. The van der Waals surface area contributed by atoms with Crippen molar-refractivity contribution in [2.45, 2.75) is 144 Å². The third kappa shape index (κ3) is 4.44. The van der Waals surface area contributed by atoms with Gasteiger partial charge in [0.15, 0.2) is 0 Å². The SMILES string of the molecule is CCC(=O)O[C@@H](CC[C@@H](C)[C@H]1[C@H](O)CC2[C@@H]3CCC4C(C)(C)[C@@H](O)CCC45[C@@H](C)[C@@]35CC[C@@]21C)C(C)(C)O.CO. The molecule has 40 heavy (non-hydrogen) atoms. The molecule has 0 heterocycles. The zero-order valence-corrected chi connectivity index (χ0v) is 26.9. The van der Waals surface area contributed by atoms with Gasteiger partial charge in [0, 0.05) is 13.5 Å². The molecule has 5 aliphatic carbocycles. The van der Waals surface area contributed by atoms with Gasteiger partial charge in [-0.25, -0.2) is 0 Å². The van der Waals surface area contributed by atoms with E-state index in [-0.39, 0.29) is 34.9 Å². The van der Waals surface area contributed by atoms with E-state index in [1.807, 2.05) is 0 Å². The Morgan fingerprint density at radius 3 is 2.23 bits per heavy atom. The third-order valence-corrected chi connectivity index (χ3v) is 13.9. The number of carbonyl (C=O) groups is 1. The fourth-order valence-corrected chi connectivity index (χ4v) is 12.1. The zero-order chi connectivity index (χ0) is 30.1. The number of ether oxygens (including phenoxy) is 1. The molecule has 3 unspecified atom stereocenters. The van der Waals surface area contributed by atoms with Gasteiger partial charge in [0.25, 0.3) is 0 Å². The van der Waals surface area contributed by atoms with Crippen LogP contribution in [0.3, 0.4) is 0 Å². The van der Waals surface area contributed by atoms with Gasteiger partial charge in [-0.3, -0.25) is 4.79 Å². The topological polar surface area (TPSA) is 107 Å². The van der Waals surface area contributed by atoms with Crippen LogP contribution in [0, 0.1) is 57.2 Å². The average Bonchev–Trinajstić information content (AvgIpc) is 3.29. The molecule has 5 fully saturated rings. The maximum atomic E-state index is 12.0. The van der Waals surface area contributed by atoms with Gasteiger partial charge in [-0.1, -0.05) is 41.5 Å². The monoisotopic (exact) mass is 564 g/mol. The van der Waals surface area contributed by atoms with E-state index in [4.69, 9.17) is 9.84 Å². The van der Waals surface area contributed by atoms with Crippen LogP contribution in [0.1, 0.15) is 120 Å². The third-order valence-electron chi connectivity index (χ3n) is 13.9. The van der Waals surface area contributed by atoms with E-state index in [0.717, 1.165) is 32.3 Å². The Kier molecular flexibility index (Phi) is 8.69. The van der Waals surface area contributed by atoms with E-state index in [1.54, 1.807) is 20.8 Å². The number of hydrogen-bond donors (Lipinski definition) is 4. The summed E-state index contributed by atoms with van der Waals surface area (Å²) in [4.78, 5) is 12.0. The lowest BCUT2D eigenvalue weighted by atomic mass is 9.46. The van der Waals surface area contributed by atoms with Gasteiger partial charge in [0.2, 0.25) is 0 Å². The highest BCUT2D eigenvalue weighted by Gasteiger charge is 2.84. The number of hydrogen-bond acceptors (Lipinski definition) is 6. The number of carbonyl (C=O) groups excluding carboxylic acids is 1. The summed E-state index contributed by atoms with van der Waals surface area (Å²) in [7, 11) is 1.00. The lowest BCUT2D eigenvalue weighted by Gasteiger charge is -2.59. The van der Waals surface area contributed by atoms with Crippen LogP contribution in [0.5, 0.6) is 0 Å². The van der Waals surface area contributed by atoms with Gasteiger partial charge < -0.3 is 25.2 Å². The van der Waals surface area contributed by atoms with Crippen LogP contribution in [0.25, 0.3) is 0 Å². The normalized spacial score (nSPS) is 46.4. The molecule has 5 aliphatic rings. The van der Waals surface area contributed by atoms with Crippen molar-refractivity contribution in [1.82, 2.24) is 0 Å². The van der Waals surface area contributed by atoms with Crippen molar-refractivity contribution in [2.75, 3.05) is 7.11 Å². The second-order valence-corrected chi connectivity index (χ2v) is 15.9. The molecule has 5 rings (SSSR count). The largest absolute Gasteiger partial charge is 0.459 e. The summed E-state index contributed by atoms with van der Waals surface area (Å²) in [6.45, 7) is 17.2. The minimum atomic E-state index is -1.08. The Labute approximate surface area is 243 Å². The standard InChI is InChI=1S/C33H56O5.CH4O/c1-9-27(36)38-26(30(6,7)37)13-10-19(2)28-23(34)18-22-21-11-12-24-29(4,5)25(35)14-15-33(24)20(3)32(21,33)17-16-31(22,28)8;1-2/h19-26,28,34-35,37H,9-18H2,1-8H3;2H,1H3/t19-,20+,21+,22?,23-,24?,25+,26+,28+,31+,32+,33?;/m1./s1. The highest BCUT2D eigenvalue weighted by molar-refractivity contribution is 5.69. The highest BCUT2D eigenvalue weighted by atomic mass is 16.6. The van der Waals surface area contributed by atoms with Gasteiger partial charge in [-0.15, -0.1) is 0 Å². The maximum absolute atomic E-state index is 12.0. The molecule has 5 saturated carbocycles. The molecule has 6 nitrogen and oxygen atoms in total. The molecule has 2 spiro atoms. The predicted octanol–water partition coefficient (Wildman–Crippen LogP) is 5.73. The van der Waals surface area contributed by atoms with Gasteiger partial charge >= 0.3 is 5.97 Å². The number of aliphatic hydroxyl groups is 4. The molecule has 4 N–H and O–H groups in total. The molecular weight excluding hydrogens is 504 g/mol. The molecule has 6 heteroatoms. The number of esters is 1. The number of rotatable bonds is 7. The van der Waals surface area contributed by atoms with Crippen molar-refractivity contribution < 1.29 is 30.0 Å². The summed E-state index contributed by atoms with van der Waals surface area (Å²) in [5, 5.41) is 40.2. The molecule has 0 saturated heterocycles. The maximum Gasteiger partial charge on any atom is 0.305 e. The molecule has 0 amide bonds. The van der Waals surface area contributed by atoms with E-state index in [1.165, 1.54) is 32.1 Å². The summed E-state index contributed by atoms with van der Waals surface area (Å²) >= 11 is 0. The van der Waals surface area contributed by atoms with Crippen LogP contribution >= 0.6 is 0 Å². The summed E-state index contributed by atoms with van der Waals surface area (Å²) < 4.78 is 5.64. The fourth-order valence-electron chi connectivity index (χ4n) is 12.1. The lowest BCUT2D eigenvalue weighted by molar-refractivity contribution is -0.163. The fraction of sp³-hybridized carbons (Fsp3) is 0.971. The van der Waals surface area contributed by atoms with Crippen LogP contribution < -0.4 is 0 Å². The predicted molar refractivity (Wildman–Crippen MR) is 157 cm³/mol. The highest BCUT2D eigenvalue weighted by Crippen LogP contribution is 2.89. The molecule has 0 aliphatic heterocycles. The summed E-state index contributed by atoms with van der Waals surface area (Å²) in [5.74, 6) is 2.83. The molecular formula is C34H60O6. The van der Waals surface area contributed by atoms with Crippen molar-refractivity contribution in [3.63, 3.8) is 0 Å². The number of fused-ring (bicyclic) bond motifs is 2. The van der Waals surface area contributed by atoms with Crippen molar-refractivity contribution in [2.24, 2.45) is 57.2 Å². The minimum Gasteiger partial charge on any atom is -0.459 e. The summed E-state index contributed by atoms with van der Waals surface area (Å²) in [6.07, 6.45) is 8.71. The smallest absolute Gasteiger partial charge is 0.305 e. The van der Waals surface area contributed by atoms with Crippen molar-refractivity contribution in [3.05, 3.63) is 0 Å². The van der Waals surface area contributed by atoms with Crippen LogP contribution in [-0.2, 0) is 9.53 Å². The zero-order valence-electron chi connectivity index (χ0n) is 26.9. The summed E-state index contributed by atoms with van der Waals surface area (Å²) in [5.41, 5.74) is -0.183. The first-order valence-electron chi connectivity index (χ1n) is 16.3. The quantitative estimate of drug-likeness (QED) is 0.294. The minimum absolute atomic E-state index is 0.00772. The second kappa shape index (κ2) is 10.8. The Hall–Kier alpha value is -0.690. The van der Waals surface area contributed by atoms with Crippen LogP contribution in [-0.4, -0.2) is 57.4 Å². The van der Waals surface area contributed by atoms with Crippen LogP contribution in [0.4, 0.5) is 0 Å². The Morgan fingerprint density at radius 1 is 0.975 bits per heavy atom. The van der Waals surface area contributed by atoms with Crippen LogP contribution in [0.15, 0.2) is 0 Å². The van der Waals surface area contributed by atoms with Gasteiger partial charge in [-0.2, -0.15) is 0 Å². The average molecular weight is 565 g/mol.